The maximum Gasteiger partial charge on any atom is 0.255 e. The molecule has 33 heavy (non-hydrogen) atoms. The highest BCUT2D eigenvalue weighted by Gasteiger charge is 2.27. The van der Waals surface area contributed by atoms with E-state index in [1.807, 2.05) is 31.2 Å². The molecule has 0 bridgehead atoms. The van der Waals surface area contributed by atoms with Crippen LogP contribution in [0.1, 0.15) is 16.7 Å². The number of carbonyl (C=O) groups is 1. The number of hydrogen-bond donors (Lipinski definition) is 1. The smallest absolute Gasteiger partial charge is 0.255 e. The van der Waals surface area contributed by atoms with Gasteiger partial charge in [-0.15, -0.1) is 0 Å². The molecule has 0 aliphatic heterocycles. The number of hydrazone groups is 1. The number of nitrogens with zero attached hydrogens (tertiary/aromatic N) is 2. The molecule has 0 unspecified atom stereocenters. The minimum absolute atomic E-state index is 0.00507. The zero-order chi connectivity index (χ0) is 24.0. The summed E-state index contributed by atoms with van der Waals surface area (Å²) in [6.07, 6.45) is 1.31. The number of rotatable bonds is 8. The lowest BCUT2D eigenvalue weighted by molar-refractivity contribution is -0.121. The Morgan fingerprint density at radius 2 is 1.61 bits per heavy atom. The van der Waals surface area contributed by atoms with Gasteiger partial charge in [-0.2, -0.15) is 9.41 Å². The second-order valence-corrected chi connectivity index (χ2v) is 10.3. The molecule has 3 rings (SSSR count). The number of carbonyl (C=O) groups excluding carboxylic acids is 1. The quantitative estimate of drug-likeness (QED) is 0.321. The van der Waals surface area contributed by atoms with Gasteiger partial charge in [-0.3, -0.25) is 4.79 Å². The van der Waals surface area contributed by atoms with Crippen LogP contribution in [0.3, 0.4) is 0 Å². The molecule has 0 radical (unpaired) electrons. The molecule has 0 saturated heterocycles. The summed E-state index contributed by atoms with van der Waals surface area (Å²) in [5.41, 5.74) is 4.45. The second kappa shape index (κ2) is 11.1. The third kappa shape index (κ3) is 6.56. The fraction of sp³-hybridized carbons (Fsp3) is 0.130. The average molecular weight is 525 g/mol. The molecular formula is C23H20Cl3N3O3S. The highest BCUT2D eigenvalue weighted by Crippen LogP contribution is 2.23. The third-order valence-corrected chi connectivity index (χ3v) is 7.48. The molecule has 0 saturated carbocycles. The first kappa shape index (κ1) is 25.2. The summed E-state index contributed by atoms with van der Waals surface area (Å²) >= 11 is 18.1. The number of amides is 1. The highest BCUT2D eigenvalue weighted by molar-refractivity contribution is 7.89. The number of benzene rings is 3. The maximum absolute atomic E-state index is 13.3. The van der Waals surface area contributed by atoms with Crippen LogP contribution in [-0.2, 0) is 21.4 Å². The summed E-state index contributed by atoms with van der Waals surface area (Å²) in [4.78, 5) is 12.6. The fourth-order valence-corrected chi connectivity index (χ4v) is 4.95. The molecule has 3 aromatic rings. The Labute approximate surface area is 207 Å². The second-order valence-electron chi connectivity index (χ2n) is 7.08. The van der Waals surface area contributed by atoms with Crippen molar-refractivity contribution in [2.75, 3.05) is 6.54 Å². The van der Waals surface area contributed by atoms with Gasteiger partial charge in [-0.25, -0.2) is 13.8 Å². The Morgan fingerprint density at radius 3 is 2.24 bits per heavy atom. The number of nitrogens with one attached hydrogen (secondary N) is 1. The molecule has 0 aliphatic carbocycles. The van der Waals surface area contributed by atoms with Crippen LogP contribution in [0.4, 0.5) is 0 Å². The molecule has 1 amide bonds. The van der Waals surface area contributed by atoms with Gasteiger partial charge in [0.25, 0.3) is 5.91 Å². The number of halogens is 3. The van der Waals surface area contributed by atoms with E-state index in [2.05, 4.69) is 10.5 Å². The fourth-order valence-electron chi connectivity index (χ4n) is 2.96. The van der Waals surface area contributed by atoms with Gasteiger partial charge in [-0.05, 0) is 54.4 Å². The summed E-state index contributed by atoms with van der Waals surface area (Å²) in [6.45, 7) is 1.43. The Kier molecular flexibility index (Phi) is 8.51. The van der Waals surface area contributed by atoms with Crippen molar-refractivity contribution in [2.45, 2.75) is 18.4 Å². The van der Waals surface area contributed by atoms with E-state index in [1.54, 1.807) is 18.2 Å². The van der Waals surface area contributed by atoms with Gasteiger partial charge in [0.1, 0.15) is 0 Å². The van der Waals surface area contributed by atoms with Gasteiger partial charge in [0, 0.05) is 17.1 Å². The van der Waals surface area contributed by atoms with E-state index >= 15 is 0 Å². The Balaban J connectivity index is 1.83. The maximum atomic E-state index is 13.3. The van der Waals surface area contributed by atoms with Gasteiger partial charge in [0.05, 0.1) is 27.7 Å². The van der Waals surface area contributed by atoms with Crippen molar-refractivity contribution in [1.82, 2.24) is 9.73 Å². The Bertz CT molecular complexity index is 1260. The lowest BCUT2D eigenvalue weighted by atomic mass is 10.1. The van der Waals surface area contributed by atoms with Crippen LogP contribution in [-0.4, -0.2) is 31.4 Å². The van der Waals surface area contributed by atoms with Crippen LogP contribution in [0, 0.1) is 6.92 Å². The van der Waals surface area contributed by atoms with E-state index in [0.29, 0.717) is 20.6 Å². The minimum atomic E-state index is -4.00. The van der Waals surface area contributed by atoms with Crippen LogP contribution in [0.25, 0.3) is 0 Å². The first-order valence-electron chi connectivity index (χ1n) is 9.74. The van der Waals surface area contributed by atoms with E-state index in [1.165, 1.54) is 30.5 Å². The van der Waals surface area contributed by atoms with Crippen molar-refractivity contribution in [3.63, 3.8) is 0 Å². The zero-order valence-electron chi connectivity index (χ0n) is 17.5. The molecule has 10 heteroatoms. The molecule has 0 spiro atoms. The molecule has 0 aromatic heterocycles. The first-order valence-corrected chi connectivity index (χ1v) is 12.3. The highest BCUT2D eigenvalue weighted by atomic mass is 35.5. The third-order valence-electron chi connectivity index (χ3n) is 4.76. The molecule has 3 aromatic carbocycles. The van der Waals surface area contributed by atoms with Crippen LogP contribution >= 0.6 is 34.8 Å². The molecule has 0 heterocycles. The number of aryl methyl sites for hydroxylation is 1. The van der Waals surface area contributed by atoms with Gasteiger partial charge in [0.15, 0.2) is 0 Å². The standard InChI is InChI=1S/C23H20Cl3N3O3S/c1-16-5-2-3-6-17(16)14-29(33(31,32)19-11-9-18(24)10-12-19)15-23(30)28-27-13-20-21(25)7-4-8-22(20)26/h2-13H,14-15H2,1H3,(H,28,30)/b27-13-. The normalized spacial score (nSPS) is 11.8. The average Bonchev–Trinajstić information content (AvgIpc) is 2.77. The van der Waals surface area contributed by atoms with Crippen LogP contribution < -0.4 is 5.43 Å². The van der Waals surface area contributed by atoms with Gasteiger partial charge in [0.2, 0.25) is 10.0 Å². The van der Waals surface area contributed by atoms with Crippen molar-refractivity contribution in [3.05, 3.63) is 98.5 Å². The lowest BCUT2D eigenvalue weighted by Gasteiger charge is -2.22. The molecule has 0 aliphatic rings. The Hall–Kier alpha value is -2.42. The van der Waals surface area contributed by atoms with Crippen molar-refractivity contribution in [3.8, 4) is 0 Å². The number of hydrogen-bond acceptors (Lipinski definition) is 4. The van der Waals surface area contributed by atoms with Crippen molar-refractivity contribution in [2.24, 2.45) is 5.10 Å². The van der Waals surface area contributed by atoms with E-state index in [0.717, 1.165) is 15.4 Å². The predicted molar refractivity (Wildman–Crippen MR) is 132 cm³/mol. The predicted octanol–water partition coefficient (Wildman–Crippen LogP) is 5.30. The van der Waals surface area contributed by atoms with E-state index < -0.39 is 22.5 Å². The van der Waals surface area contributed by atoms with Crippen molar-refractivity contribution >= 4 is 56.9 Å². The van der Waals surface area contributed by atoms with Crippen LogP contribution in [0.5, 0.6) is 0 Å². The topological polar surface area (TPSA) is 78.8 Å². The largest absolute Gasteiger partial charge is 0.272 e. The summed E-state index contributed by atoms with van der Waals surface area (Å²) in [5, 5.41) is 5.02. The summed E-state index contributed by atoms with van der Waals surface area (Å²) in [7, 11) is -4.00. The summed E-state index contributed by atoms with van der Waals surface area (Å²) in [6, 6.07) is 18.1. The Morgan fingerprint density at radius 1 is 0.970 bits per heavy atom. The van der Waals surface area contributed by atoms with E-state index in [4.69, 9.17) is 34.8 Å². The number of sulfonamides is 1. The zero-order valence-corrected chi connectivity index (χ0v) is 20.6. The SMILES string of the molecule is Cc1ccccc1CN(CC(=O)N/N=C\c1c(Cl)cccc1Cl)S(=O)(=O)c1ccc(Cl)cc1. The van der Waals surface area contributed by atoms with Crippen molar-refractivity contribution < 1.29 is 13.2 Å². The summed E-state index contributed by atoms with van der Waals surface area (Å²) < 4.78 is 27.7. The van der Waals surface area contributed by atoms with Gasteiger partial charge >= 0.3 is 0 Å². The van der Waals surface area contributed by atoms with E-state index in [-0.39, 0.29) is 11.4 Å². The monoisotopic (exact) mass is 523 g/mol. The van der Waals surface area contributed by atoms with Crippen molar-refractivity contribution in [1.29, 1.82) is 0 Å². The summed E-state index contributed by atoms with van der Waals surface area (Å²) in [5.74, 6) is -0.624. The molecule has 0 atom stereocenters. The molecule has 1 N–H and O–H groups in total. The van der Waals surface area contributed by atoms with Crippen LogP contribution in [0.2, 0.25) is 15.1 Å². The molecule has 0 fully saturated rings. The molecule has 172 valence electrons. The van der Waals surface area contributed by atoms with Gasteiger partial charge < -0.3 is 0 Å². The first-order chi connectivity index (χ1) is 15.7. The van der Waals surface area contributed by atoms with E-state index in [9.17, 15) is 13.2 Å². The lowest BCUT2D eigenvalue weighted by Crippen LogP contribution is -2.39. The molecular weight excluding hydrogens is 505 g/mol. The molecule has 6 nitrogen and oxygen atoms in total. The van der Waals surface area contributed by atoms with Gasteiger partial charge in [-0.1, -0.05) is 65.1 Å². The van der Waals surface area contributed by atoms with Crippen LogP contribution in [0.15, 0.2) is 76.7 Å². The minimum Gasteiger partial charge on any atom is -0.272 e.